The van der Waals surface area contributed by atoms with Gasteiger partial charge >= 0.3 is 5.69 Å². The van der Waals surface area contributed by atoms with E-state index >= 15 is 0 Å². The molecule has 0 radical (unpaired) electrons. The third-order valence-electron chi connectivity index (χ3n) is 5.34. The van der Waals surface area contributed by atoms with Crippen molar-refractivity contribution in [3.8, 4) is 11.4 Å². The van der Waals surface area contributed by atoms with Crippen LogP contribution in [0.1, 0.15) is 5.56 Å². The number of hydrogen-bond acceptors (Lipinski definition) is 7. The van der Waals surface area contributed by atoms with E-state index in [9.17, 15) is 4.79 Å². The minimum Gasteiger partial charge on any atom is -0.492 e. The third-order valence-corrected chi connectivity index (χ3v) is 5.95. The van der Waals surface area contributed by atoms with Gasteiger partial charge in [0.2, 0.25) is 5.95 Å². The predicted octanol–water partition coefficient (Wildman–Crippen LogP) is 3.46. The molecule has 1 aliphatic heterocycles. The van der Waals surface area contributed by atoms with Crippen LogP contribution < -0.4 is 21.2 Å². The highest BCUT2D eigenvalue weighted by atomic mass is 35.5. The van der Waals surface area contributed by atoms with Crippen molar-refractivity contribution in [2.24, 2.45) is 0 Å². The average molecular weight is 484 g/mol. The molecule has 0 bridgehead atoms. The number of aromatic nitrogens is 4. The molecule has 0 spiro atoms. The molecule has 11 heteroatoms. The molecule has 0 saturated heterocycles. The predicted molar refractivity (Wildman–Crippen MR) is 127 cm³/mol. The van der Waals surface area contributed by atoms with E-state index in [2.05, 4.69) is 25.2 Å². The number of rotatable bonds is 3. The largest absolute Gasteiger partial charge is 0.492 e. The number of ether oxygens (including phenoxy) is 1. The van der Waals surface area contributed by atoms with Crippen LogP contribution in [0.25, 0.3) is 16.7 Å². The van der Waals surface area contributed by atoms with Gasteiger partial charge in [-0.3, -0.25) is 15.3 Å². The SMILES string of the molecule is CN1CCOc2ccc(Nc3ncc4c(=N)n(-c5c(Cl)cccc5Cl)c(=O)[nH]c4n3)cc2C1. The smallest absolute Gasteiger partial charge is 0.333 e. The van der Waals surface area contributed by atoms with Gasteiger partial charge in [-0.2, -0.15) is 4.98 Å². The Bertz CT molecular complexity index is 1480. The number of likely N-dealkylation sites (N-methyl/N-ethyl adjacent to an activating group) is 1. The summed E-state index contributed by atoms with van der Waals surface area (Å²) < 4.78 is 6.89. The number of aromatic amines is 1. The Balaban J connectivity index is 1.53. The molecule has 9 nitrogen and oxygen atoms in total. The Labute approximate surface area is 198 Å². The Morgan fingerprint density at radius 1 is 1.21 bits per heavy atom. The summed E-state index contributed by atoms with van der Waals surface area (Å²) in [5, 5.41) is 12.6. The van der Waals surface area contributed by atoms with Crippen molar-refractivity contribution in [1.82, 2.24) is 24.4 Å². The van der Waals surface area contributed by atoms with Crippen LogP contribution in [0.5, 0.6) is 5.75 Å². The number of hydrogen-bond donors (Lipinski definition) is 3. The van der Waals surface area contributed by atoms with Crippen LogP contribution in [0.2, 0.25) is 10.0 Å². The van der Waals surface area contributed by atoms with Crippen molar-refractivity contribution in [2.75, 3.05) is 25.5 Å². The number of benzene rings is 2. The number of fused-ring (bicyclic) bond motifs is 2. The maximum Gasteiger partial charge on any atom is 0.333 e. The van der Waals surface area contributed by atoms with Gasteiger partial charge in [0.05, 0.1) is 21.1 Å². The van der Waals surface area contributed by atoms with Gasteiger partial charge in [0, 0.05) is 30.5 Å². The van der Waals surface area contributed by atoms with Gasteiger partial charge in [0.15, 0.2) is 5.65 Å². The lowest BCUT2D eigenvalue weighted by atomic mass is 10.1. The molecule has 0 fully saturated rings. The summed E-state index contributed by atoms with van der Waals surface area (Å²) in [5.41, 5.74) is 1.58. The van der Waals surface area contributed by atoms with Crippen LogP contribution in [0.15, 0.2) is 47.4 Å². The molecule has 5 rings (SSSR count). The van der Waals surface area contributed by atoms with E-state index in [-0.39, 0.29) is 32.8 Å². The summed E-state index contributed by atoms with van der Waals surface area (Å²) in [7, 11) is 2.04. The summed E-state index contributed by atoms with van der Waals surface area (Å²) in [4.78, 5) is 26.4. The second kappa shape index (κ2) is 8.51. The molecule has 0 saturated carbocycles. The first-order chi connectivity index (χ1) is 15.9. The van der Waals surface area contributed by atoms with Gasteiger partial charge in [-0.15, -0.1) is 0 Å². The molecule has 4 aromatic rings. The zero-order chi connectivity index (χ0) is 23.1. The van der Waals surface area contributed by atoms with Crippen molar-refractivity contribution in [2.45, 2.75) is 6.54 Å². The molecule has 168 valence electrons. The Kier molecular flexibility index (Phi) is 5.53. The van der Waals surface area contributed by atoms with E-state index in [1.54, 1.807) is 18.2 Å². The molecule has 2 aromatic heterocycles. The van der Waals surface area contributed by atoms with Crippen molar-refractivity contribution >= 4 is 45.9 Å². The van der Waals surface area contributed by atoms with Crippen molar-refractivity contribution < 1.29 is 4.74 Å². The molecule has 0 aliphatic carbocycles. The molecule has 0 amide bonds. The van der Waals surface area contributed by atoms with E-state index in [0.717, 1.165) is 34.7 Å². The first-order valence-corrected chi connectivity index (χ1v) is 10.9. The van der Waals surface area contributed by atoms with Crippen molar-refractivity contribution in [3.05, 3.63) is 74.2 Å². The number of nitrogens with one attached hydrogen (secondary N) is 3. The standard InChI is InChI=1S/C22H19Cl2N7O2/c1-30-7-8-33-17-6-5-13(9-12(17)11-30)27-21-26-10-14-19(25)31(22(32)29-20(14)28-21)18-15(23)3-2-4-16(18)24/h2-6,9-10,25H,7-8,11H2,1H3,(H2,26,27,28,29,32). The number of para-hydroxylation sites is 1. The molecule has 3 N–H and O–H groups in total. The fraction of sp³-hybridized carbons (Fsp3) is 0.182. The highest BCUT2D eigenvalue weighted by Crippen LogP contribution is 2.28. The zero-order valence-corrected chi connectivity index (χ0v) is 19.0. The molecule has 1 aliphatic rings. The van der Waals surface area contributed by atoms with Crippen LogP contribution >= 0.6 is 23.2 Å². The van der Waals surface area contributed by atoms with Crippen LogP contribution in [-0.4, -0.2) is 44.6 Å². The van der Waals surface area contributed by atoms with Gasteiger partial charge in [-0.05, 0) is 37.4 Å². The minimum atomic E-state index is -0.586. The maximum absolute atomic E-state index is 12.8. The molecule has 33 heavy (non-hydrogen) atoms. The topological polar surface area (TPSA) is 112 Å². The lowest BCUT2D eigenvalue weighted by molar-refractivity contribution is 0.259. The highest BCUT2D eigenvalue weighted by Gasteiger charge is 2.16. The van der Waals surface area contributed by atoms with E-state index in [0.29, 0.717) is 12.0 Å². The monoisotopic (exact) mass is 483 g/mol. The summed E-state index contributed by atoms with van der Waals surface area (Å²) in [6.07, 6.45) is 1.48. The molecule has 0 unspecified atom stereocenters. The van der Waals surface area contributed by atoms with Gasteiger partial charge in [-0.1, -0.05) is 29.3 Å². The summed E-state index contributed by atoms with van der Waals surface area (Å²) in [6, 6.07) is 10.7. The number of H-pyrrole nitrogens is 1. The van der Waals surface area contributed by atoms with Crippen molar-refractivity contribution in [1.29, 1.82) is 5.41 Å². The summed E-state index contributed by atoms with van der Waals surface area (Å²) >= 11 is 12.5. The Morgan fingerprint density at radius 2 is 2.00 bits per heavy atom. The number of anilines is 2. The van der Waals surface area contributed by atoms with Gasteiger partial charge in [-0.25, -0.2) is 14.3 Å². The first kappa shape index (κ1) is 21.4. The Morgan fingerprint density at radius 3 is 2.79 bits per heavy atom. The normalized spacial score (nSPS) is 13.9. The fourth-order valence-corrected chi connectivity index (χ4v) is 4.30. The van der Waals surface area contributed by atoms with E-state index in [4.69, 9.17) is 33.3 Å². The first-order valence-electron chi connectivity index (χ1n) is 10.1. The molecular weight excluding hydrogens is 465 g/mol. The fourth-order valence-electron chi connectivity index (χ4n) is 3.74. The average Bonchev–Trinajstić information content (AvgIpc) is 2.95. The lowest BCUT2D eigenvalue weighted by Crippen LogP contribution is -2.34. The third kappa shape index (κ3) is 4.06. The van der Waals surface area contributed by atoms with Crippen LogP contribution in [0, 0.1) is 5.41 Å². The van der Waals surface area contributed by atoms with Gasteiger partial charge in [0.1, 0.15) is 17.8 Å². The summed E-state index contributed by atoms with van der Waals surface area (Å²) in [6.45, 7) is 2.27. The van der Waals surface area contributed by atoms with Crippen LogP contribution in [0.3, 0.4) is 0 Å². The van der Waals surface area contributed by atoms with Crippen LogP contribution in [0.4, 0.5) is 11.6 Å². The Hall–Kier alpha value is -3.40. The lowest BCUT2D eigenvalue weighted by Gasteiger charge is -2.13. The molecule has 2 aromatic carbocycles. The van der Waals surface area contributed by atoms with Crippen molar-refractivity contribution in [3.63, 3.8) is 0 Å². The second-order valence-electron chi connectivity index (χ2n) is 7.67. The van der Waals surface area contributed by atoms with Gasteiger partial charge < -0.3 is 10.1 Å². The number of halogens is 2. The van der Waals surface area contributed by atoms with Crippen LogP contribution in [-0.2, 0) is 6.54 Å². The zero-order valence-electron chi connectivity index (χ0n) is 17.5. The quantitative estimate of drug-likeness (QED) is 0.411. The summed E-state index contributed by atoms with van der Waals surface area (Å²) in [5.74, 6) is 1.14. The second-order valence-corrected chi connectivity index (χ2v) is 8.49. The molecule has 0 atom stereocenters. The highest BCUT2D eigenvalue weighted by molar-refractivity contribution is 6.37. The molecule has 3 heterocycles. The minimum absolute atomic E-state index is 0.125. The van der Waals surface area contributed by atoms with E-state index < -0.39 is 5.69 Å². The van der Waals surface area contributed by atoms with E-state index in [1.165, 1.54) is 6.20 Å². The van der Waals surface area contributed by atoms with E-state index in [1.807, 2.05) is 25.2 Å². The maximum atomic E-state index is 12.8. The molecular formula is C22H19Cl2N7O2. The van der Waals surface area contributed by atoms with Gasteiger partial charge in [0.25, 0.3) is 0 Å². The number of nitrogens with zero attached hydrogens (tertiary/aromatic N) is 4.